The van der Waals surface area contributed by atoms with Crippen LogP contribution >= 0.6 is 0 Å². The second kappa shape index (κ2) is 2.72. The van der Waals surface area contributed by atoms with E-state index in [1.807, 2.05) is 30.3 Å². The second-order valence-corrected chi connectivity index (χ2v) is 3.22. The fraction of sp³-hybridized carbons (Fsp3) is 0. The van der Waals surface area contributed by atoms with Crippen LogP contribution in [-0.4, -0.2) is 5.11 Å². The summed E-state index contributed by atoms with van der Waals surface area (Å²) < 4.78 is 0. The van der Waals surface area contributed by atoms with E-state index in [4.69, 9.17) is 0 Å². The summed E-state index contributed by atoms with van der Waals surface area (Å²) in [7, 11) is 0. The molecule has 0 fully saturated rings. The maximum Gasteiger partial charge on any atom is 0.158 e. The molecule has 0 spiro atoms. The number of benzene rings is 2. The molecule has 0 bridgehead atoms. The molecule has 0 aromatic heterocycles. The maximum absolute atomic E-state index is 9.47. The summed E-state index contributed by atoms with van der Waals surface area (Å²) in [5, 5.41) is 11.4. The second-order valence-electron chi connectivity index (χ2n) is 2.68. The molecule has 0 amide bonds. The van der Waals surface area contributed by atoms with Crippen molar-refractivity contribution in [3.05, 3.63) is 36.4 Å². The van der Waals surface area contributed by atoms with Gasteiger partial charge in [0.1, 0.15) is 5.75 Å². The highest BCUT2D eigenvalue weighted by atomic mass is 32.1. The molecule has 0 saturated heterocycles. The van der Waals surface area contributed by atoms with Crippen molar-refractivity contribution >= 4 is 23.4 Å². The van der Waals surface area contributed by atoms with Gasteiger partial charge >= 0.3 is 0 Å². The van der Waals surface area contributed by atoms with Crippen LogP contribution in [0.2, 0.25) is 0 Å². The van der Waals surface area contributed by atoms with Crippen LogP contribution in [0.1, 0.15) is 0 Å². The lowest BCUT2D eigenvalue weighted by Gasteiger charge is -1.98. The SMILES string of the molecule is Oc1ccc([SH2+])c2ccccc12. The molecule has 0 aliphatic carbocycles. The standard InChI is InChI=1S/C10H8OS/c11-9-5-6-10(12)8-4-2-1-3-7(8)9/h1-6,11-12H/p+1. The van der Waals surface area contributed by atoms with E-state index in [1.54, 1.807) is 6.07 Å². The Labute approximate surface area is 76.1 Å². The molecule has 1 nitrogen and oxygen atoms in total. The number of fused-ring (bicyclic) bond motifs is 1. The summed E-state index contributed by atoms with van der Waals surface area (Å²) in [4.78, 5) is 1.00. The van der Waals surface area contributed by atoms with Gasteiger partial charge in [-0.3, -0.25) is 0 Å². The van der Waals surface area contributed by atoms with Gasteiger partial charge in [-0.15, -0.1) is 0 Å². The van der Waals surface area contributed by atoms with Crippen LogP contribution in [-0.2, 0) is 12.6 Å². The van der Waals surface area contributed by atoms with Gasteiger partial charge in [0.25, 0.3) is 0 Å². The van der Waals surface area contributed by atoms with E-state index in [9.17, 15) is 5.11 Å². The van der Waals surface area contributed by atoms with Gasteiger partial charge in [0.2, 0.25) is 0 Å². The van der Waals surface area contributed by atoms with Crippen LogP contribution < -0.4 is 0 Å². The summed E-state index contributed by atoms with van der Waals surface area (Å²) in [5.74, 6) is 0.326. The van der Waals surface area contributed by atoms with Crippen LogP contribution in [0.4, 0.5) is 0 Å². The van der Waals surface area contributed by atoms with Crippen LogP contribution in [0.25, 0.3) is 10.8 Å². The highest BCUT2D eigenvalue weighted by Crippen LogP contribution is 2.26. The largest absolute Gasteiger partial charge is 0.507 e. The molecule has 0 aliphatic heterocycles. The van der Waals surface area contributed by atoms with Gasteiger partial charge < -0.3 is 5.11 Å². The minimum absolute atomic E-state index is 0.326. The summed E-state index contributed by atoms with van der Waals surface area (Å²) in [6.45, 7) is 0. The molecule has 0 unspecified atom stereocenters. The maximum atomic E-state index is 9.47. The van der Waals surface area contributed by atoms with Gasteiger partial charge in [0, 0.05) is 10.8 Å². The Morgan fingerprint density at radius 2 is 1.58 bits per heavy atom. The molecule has 0 radical (unpaired) electrons. The fourth-order valence-electron chi connectivity index (χ4n) is 1.28. The highest BCUT2D eigenvalue weighted by molar-refractivity contribution is 7.59. The topological polar surface area (TPSA) is 20.2 Å². The van der Waals surface area contributed by atoms with E-state index in [-0.39, 0.29) is 0 Å². The Balaban J connectivity index is 2.95. The Morgan fingerprint density at radius 3 is 2.25 bits per heavy atom. The average molecular weight is 177 g/mol. The predicted molar refractivity (Wildman–Crippen MR) is 54.0 cm³/mol. The predicted octanol–water partition coefficient (Wildman–Crippen LogP) is 1.92. The lowest BCUT2D eigenvalue weighted by atomic mass is 10.1. The van der Waals surface area contributed by atoms with Crippen LogP contribution in [0.3, 0.4) is 0 Å². The lowest BCUT2D eigenvalue weighted by molar-refractivity contribution is 0.481. The molecule has 2 heteroatoms. The molecule has 1 N–H and O–H groups in total. The molecular weight excluding hydrogens is 168 g/mol. The van der Waals surface area contributed by atoms with Crippen molar-refractivity contribution in [3.63, 3.8) is 0 Å². The molecule has 2 aromatic rings. The quantitative estimate of drug-likeness (QED) is 0.609. The van der Waals surface area contributed by atoms with Gasteiger partial charge in [-0.2, -0.15) is 0 Å². The van der Waals surface area contributed by atoms with Gasteiger partial charge in [-0.1, -0.05) is 18.2 Å². The minimum Gasteiger partial charge on any atom is -0.507 e. The van der Waals surface area contributed by atoms with Crippen molar-refractivity contribution in [1.82, 2.24) is 0 Å². The normalized spacial score (nSPS) is 10.4. The van der Waals surface area contributed by atoms with Gasteiger partial charge in [0.15, 0.2) is 4.90 Å². The first-order valence-electron chi connectivity index (χ1n) is 3.71. The Hall–Kier alpha value is -1.15. The number of phenols is 1. The molecule has 12 heavy (non-hydrogen) atoms. The zero-order chi connectivity index (χ0) is 8.55. The third kappa shape index (κ3) is 1.04. The third-order valence-corrected chi connectivity index (χ3v) is 2.34. The van der Waals surface area contributed by atoms with Gasteiger partial charge in [-0.25, -0.2) is 0 Å². The Morgan fingerprint density at radius 1 is 0.917 bits per heavy atom. The fourth-order valence-corrected chi connectivity index (χ4v) is 1.58. The lowest BCUT2D eigenvalue weighted by Crippen LogP contribution is -1.77. The zero-order valence-corrected chi connectivity index (χ0v) is 7.41. The summed E-state index contributed by atoms with van der Waals surface area (Å²) >= 11 is 3.47. The Bertz CT molecular complexity index is 383. The van der Waals surface area contributed by atoms with Crippen molar-refractivity contribution in [2.24, 2.45) is 0 Å². The first-order chi connectivity index (χ1) is 5.79. The van der Waals surface area contributed by atoms with Crippen molar-refractivity contribution in [2.75, 3.05) is 0 Å². The van der Waals surface area contributed by atoms with E-state index >= 15 is 0 Å². The van der Waals surface area contributed by atoms with E-state index in [0.29, 0.717) is 5.75 Å². The van der Waals surface area contributed by atoms with Crippen molar-refractivity contribution in [3.8, 4) is 5.75 Å². The monoisotopic (exact) mass is 177 g/mol. The smallest absolute Gasteiger partial charge is 0.158 e. The Kier molecular flexibility index (Phi) is 1.70. The molecule has 2 aromatic carbocycles. The molecule has 2 rings (SSSR count). The molecule has 0 heterocycles. The van der Waals surface area contributed by atoms with E-state index in [2.05, 4.69) is 12.6 Å². The minimum atomic E-state index is 0.326. The molecule has 0 aliphatic rings. The van der Waals surface area contributed by atoms with Gasteiger partial charge in [-0.05, 0) is 30.8 Å². The number of hydrogen-bond donors (Lipinski definition) is 1. The third-order valence-electron chi connectivity index (χ3n) is 1.90. The molecule has 60 valence electrons. The van der Waals surface area contributed by atoms with E-state index in [1.165, 1.54) is 0 Å². The summed E-state index contributed by atoms with van der Waals surface area (Å²) in [5.41, 5.74) is 0. The molecular formula is C10H9OS+. The number of phenolic OH excluding ortho intramolecular Hbond substituents is 1. The van der Waals surface area contributed by atoms with Crippen molar-refractivity contribution < 1.29 is 5.11 Å². The number of aromatic hydroxyl groups is 1. The van der Waals surface area contributed by atoms with E-state index < -0.39 is 0 Å². The summed E-state index contributed by atoms with van der Waals surface area (Å²) in [6.07, 6.45) is 0. The molecule has 0 saturated carbocycles. The van der Waals surface area contributed by atoms with Crippen molar-refractivity contribution in [2.45, 2.75) is 4.90 Å². The van der Waals surface area contributed by atoms with Crippen LogP contribution in [0.15, 0.2) is 41.3 Å². The number of rotatable bonds is 0. The first-order valence-corrected chi connectivity index (χ1v) is 4.21. The van der Waals surface area contributed by atoms with Crippen LogP contribution in [0, 0.1) is 0 Å². The first kappa shape index (κ1) is 7.50. The van der Waals surface area contributed by atoms with Gasteiger partial charge in [0.05, 0.1) is 0 Å². The highest BCUT2D eigenvalue weighted by Gasteiger charge is 2.03. The zero-order valence-electron chi connectivity index (χ0n) is 6.41. The van der Waals surface area contributed by atoms with Crippen molar-refractivity contribution in [1.29, 1.82) is 0 Å². The average Bonchev–Trinajstić information content (AvgIpc) is 2.12. The van der Waals surface area contributed by atoms with Crippen LogP contribution in [0.5, 0.6) is 5.75 Å². The number of hydrogen-bond acceptors (Lipinski definition) is 1. The molecule has 0 atom stereocenters. The van der Waals surface area contributed by atoms with E-state index in [0.717, 1.165) is 15.7 Å². The summed E-state index contributed by atoms with van der Waals surface area (Å²) in [6, 6.07) is 11.3.